The maximum Gasteiger partial charge on any atom is 0.156 e. The summed E-state index contributed by atoms with van der Waals surface area (Å²) in [6.07, 6.45) is 1.73. The lowest BCUT2D eigenvalue weighted by Gasteiger charge is -2.06. The summed E-state index contributed by atoms with van der Waals surface area (Å²) in [4.78, 5) is 0. The molecule has 2 aromatic heterocycles. The molecule has 2 aromatic carbocycles. The first-order valence-corrected chi connectivity index (χ1v) is 7.64. The van der Waals surface area contributed by atoms with Gasteiger partial charge in [-0.3, -0.25) is 10.2 Å². The van der Waals surface area contributed by atoms with Crippen LogP contribution in [0.3, 0.4) is 0 Å². The van der Waals surface area contributed by atoms with E-state index in [1.807, 2.05) is 42.5 Å². The van der Waals surface area contributed by atoms with Crippen LogP contribution in [0.1, 0.15) is 5.69 Å². The molecular weight excluding hydrogens is 310 g/mol. The molecule has 0 aliphatic rings. The Kier molecular flexibility index (Phi) is 3.48. The third-order valence-corrected chi connectivity index (χ3v) is 4.05. The van der Waals surface area contributed by atoms with Crippen LogP contribution < -0.4 is 5.32 Å². The third kappa shape index (κ3) is 2.66. The minimum Gasteiger partial charge on any atom is -0.362 e. The van der Waals surface area contributed by atoms with Crippen LogP contribution in [0.5, 0.6) is 0 Å². The van der Waals surface area contributed by atoms with Crippen LogP contribution in [0.15, 0.2) is 54.7 Å². The molecule has 6 heteroatoms. The summed E-state index contributed by atoms with van der Waals surface area (Å²) in [5.41, 5.74) is 3.98. The maximum atomic E-state index is 6.42. The molecule has 0 fully saturated rings. The Morgan fingerprint density at radius 2 is 1.91 bits per heavy atom. The van der Waals surface area contributed by atoms with Gasteiger partial charge in [0.25, 0.3) is 0 Å². The number of benzene rings is 2. The summed E-state index contributed by atoms with van der Waals surface area (Å²) in [7, 11) is 0. The van der Waals surface area contributed by atoms with Crippen molar-refractivity contribution in [3.05, 3.63) is 65.4 Å². The Hall–Kier alpha value is -2.79. The molecule has 0 spiro atoms. The molecule has 4 rings (SSSR count). The van der Waals surface area contributed by atoms with Crippen molar-refractivity contribution in [1.29, 1.82) is 0 Å². The smallest absolute Gasteiger partial charge is 0.156 e. The van der Waals surface area contributed by atoms with Crippen LogP contribution in [0.25, 0.3) is 22.0 Å². The number of hydrogen-bond donors (Lipinski definition) is 3. The van der Waals surface area contributed by atoms with Crippen LogP contribution in [-0.4, -0.2) is 20.4 Å². The van der Waals surface area contributed by atoms with Crippen molar-refractivity contribution >= 4 is 28.3 Å². The van der Waals surface area contributed by atoms with E-state index in [1.54, 1.807) is 6.20 Å². The van der Waals surface area contributed by atoms with Crippen molar-refractivity contribution in [3.8, 4) is 11.1 Å². The van der Waals surface area contributed by atoms with Gasteiger partial charge in [-0.25, -0.2) is 0 Å². The van der Waals surface area contributed by atoms with Crippen LogP contribution in [0, 0.1) is 0 Å². The van der Waals surface area contributed by atoms with E-state index in [0.717, 1.165) is 33.5 Å². The number of nitrogens with zero attached hydrogens (tertiary/aromatic N) is 2. The fourth-order valence-electron chi connectivity index (χ4n) is 2.57. The highest BCUT2D eigenvalue weighted by Crippen LogP contribution is 2.34. The Labute approximate surface area is 137 Å². The van der Waals surface area contributed by atoms with Crippen LogP contribution in [0.2, 0.25) is 5.02 Å². The van der Waals surface area contributed by atoms with E-state index in [2.05, 4.69) is 31.8 Å². The highest BCUT2D eigenvalue weighted by Gasteiger charge is 2.11. The SMILES string of the molecule is Clc1cc2[nH]nc(NCc3ccn[nH]3)c2cc1-c1ccccc1. The number of rotatable bonds is 4. The molecule has 2 heterocycles. The first kappa shape index (κ1) is 13.8. The highest BCUT2D eigenvalue weighted by atomic mass is 35.5. The molecule has 4 aromatic rings. The zero-order chi connectivity index (χ0) is 15.6. The molecule has 3 N–H and O–H groups in total. The average Bonchev–Trinajstić information content (AvgIpc) is 3.22. The number of fused-ring (bicyclic) bond motifs is 1. The van der Waals surface area contributed by atoms with E-state index in [9.17, 15) is 0 Å². The van der Waals surface area contributed by atoms with E-state index in [-0.39, 0.29) is 0 Å². The second kappa shape index (κ2) is 5.78. The second-order valence-electron chi connectivity index (χ2n) is 5.25. The van der Waals surface area contributed by atoms with E-state index < -0.39 is 0 Å². The summed E-state index contributed by atoms with van der Waals surface area (Å²) in [5, 5.41) is 19.2. The molecule has 0 saturated carbocycles. The van der Waals surface area contributed by atoms with Gasteiger partial charge < -0.3 is 5.32 Å². The Morgan fingerprint density at radius 3 is 2.70 bits per heavy atom. The monoisotopic (exact) mass is 323 g/mol. The zero-order valence-corrected chi connectivity index (χ0v) is 12.9. The van der Waals surface area contributed by atoms with Gasteiger partial charge in [0.2, 0.25) is 0 Å². The first-order valence-electron chi connectivity index (χ1n) is 7.26. The highest BCUT2D eigenvalue weighted by molar-refractivity contribution is 6.34. The lowest BCUT2D eigenvalue weighted by molar-refractivity contribution is 0.970. The summed E-state index contributed by atoms with van der Waals surface area (Å²) in [6.45, 7) is 0.628. The van der Waals surface area contributed by atoms with Gasteiger partial charge in [0.15, 0.2) is 5.82 Å². The molecule has 0 saturated heterocycles. The topological polar surface area (TPSA) is 69.4 Å². The molecule has 0 atom stereocenters. The molecule has 5 nitrogen and oxygen atoms in total. The minimum absolute atomic E-state index is 0.628. The lowest BCUT2D eigenvalue weighted by Crippen LogP contribution is -2.00. The zero-order valence-electron chi connectivity index (χ0n) is 12.2. The van der Waals surface area contributed by atoms with Gasteiger partial charge in [-0.1, -0.05) is 41.9 Å². The molecule has 0 aliphatic carbocycles. The Morgan fingerprint density at radius 1 is 1.04 bits per heavy atom. The molecular formula is C17H14ClN5. The van der Waals surface area contributed by atoms with Crippen molar-refractivity contribution in [2.45, 2.75) is 6.54 Å². The van der Waals surface area contributed by atoms with Crippen molar-refractivity contribution < 1.29 is 0 Å². The number of anilines is 1. The summed E-state index contributed by atoms with van der Waals surface area (Å²) >= 11 is 6.42. The number of aromatic nitrogens is 4. The third-order valence-electron chi connectivity index (χ3n) is 3.74. The van der Waals surface area contributed by atoms with Gasteiger partial charge in [-0.2, -0.15) is 10.2 Å². The molecule has 0 bridgehead atoms. The number of halogens is 1. The maximum absolute atomic E-state index is 6.42. The van der Waals surface area contributed by atoms with Crippen LogP contribution in [-0.2, 0) is 6.54 Å². The number of H-pyrrole nitrogens is 2. The Bertz CT molecular complexity index is 928. The van der Waals surface area contributed by atoms with Gasteiger partial charge in [0, 0.05) is 17.1 Å². The second-order valence-corrected chi connectivity index (χ2v) is 5.66. The fraction of sp³-hybridized carbons (Fsp3) is 0.0588. The Balaban J connectivity index is 1.72. The fourth-order valence-corrected chi connectivity index (χ4v) is 2.85. The van der Waals surface area contributed by atoms with E-state index in [0.29, 0.717) is 11.6 Å². The molecule has 0 unspecified atom stereocenters. The van der Waals surface area contributed by atoms with Crippen molar-refractivity contribution in [2.75, 3.05) is 5.32 Å². The van der Waals surface area contributed by atoms with Crippen molar-refractivity contribution in [2.24, 2.45) is 0 Å². The van der Waals surface area contributed by atoms with E-state index in [1.165, 1.54) is 0 Å². The molecule has 0 radical (unpaired) electrons. The number of nitrogens with one attached hydrogen (secondary N) is 3. The largest absolute Gasteiger partial charge is 0.362 e. The van der Waals surface area contributed by atoms with Gasteiger partial charge in [0.1, 0.15) is 0 Å². The number of aromatic amines is 2. The summed E-state index contributed by atoms with van der Waals surface area (Å²) in [6, 6.07) is 16.0. The van der Waals surface area contributed by atoms with Crippen molar-refractivity contribution in [3.63, 3.8) is 0 Å². The molecule has 0 amide bonds. The normalized spacial score (nSPS) is 11.0. The van der Waals surface area contributed by atoms with E-state index >= 15 is 0 Å². The molecule has 23 heavy (non-hydrogen) atoms. The van der Waals surface area contributed by atoms with Gasteiger partial charge in [-0.15, -0.1) is 0 Å². The standard InChI is InChI=1S/C17H14ClN5/c18-15-9-16-14(8-13(15)11-4-2-1-3-5-11)17(23-22-16)19-10-12-6-7-20-21-12/h1-9H,10H2,(H,20,21)(H2,19,22,23). The van der Waals surface area contributed by atoms with Gasteiger partial charge >= 0.3 is 0 Å². The van der Waals surface area contributed by atoms with E-state index in [4.69, 9.17) is 11.6 Å². The summed E-state index contributed by atoms with van der Waals surface area (Å²) < 4.78 is 0. The molecule has 114 valence electrons. The van der Waals surface area contributed by atoms with Gasteiger partial charge in [-0.05, 0) is 23.8 Å². The molecule has 0 aliphatic heterocycles. The predicted molar refractivity (Wildman–Crippen MR) is 92.5 cm³/mol. The quantitative estimate of drug-likeness (QED) is 0.526. The van der Waals surface area contributed by atoms with Gasteiger partial charge in [0.05, 0.1) is 22.8 Å². The lowest BCUT2D eigenvalue weighted by atomic mass is 10.0. The first-order chi connectivity index (χ1) is 11.3. The van der Waals surface area contributed by atoms with Crippen molar-refractivity contribution in [1.82, 2.24) is 20.4 Å². The number of hydrogen-bond acceptors (Lipinski definition) is 3. The van der Waals surface area contributed by atoms with Crippen LogP contribution in [0.4, 0.5) is 5.82 Å². The summed E-state index contributed by atoms with van der Waals surface area (Å²) in [5.74, 6) is 0.795. The predicted octanol–water partition coefficient (Wildman–Crippen LogP) is 4.22. The van der Waals surface area contributed by atoms with Crippen LogP contribution >= 0.6 is 11.6 Å². The average molecular weight is 324 g/mol. The minimum atomic E-state index is 0.628.